The van der Waals surface area contributed by atoms with Gasteiger partial charge in [0.05, 0.1) is 0 Å². The average molecular weight is 435 g/mol. The SMILES string of the molecule is OCCC1=C(c2cccc3c2[CH]([Zr+2])c2ccccc2-3)CC=C1.[Cl-].[Cl-]. The normalized spacial score (nSPS) is 17.2. The fourth-order valence-electron chi connectivity index (χ4n) is 3.71. The quantitative estimate of drug-likeness (QED) is 0.617. The molecule has 0 bridgehead atoms. The maximum absolute atomic E-state index is 9.32. The van der Waals surface area contributed by atoms with E-state index in [9.17, 15) is 5.11 Å². The summed E-state index contributed by atoms with van der Waals surface area (Å²) in [5, 5.41) is 9.32. The van der Waals surface area contributed by atoms with E-state index in [0.717, 1.165) is 12.8 Å². The predicted molar refractivity (Wildman–Crippen MR) is 86.1 cm³/mol. The van der Waals surface area contributed by atoms with E-state index < -0.39 is 0 Å². The molecule has 0 fully saturated rings. The molecule has 2 aliphatic carbocycles. The predicted octanol–water partition coefficient (Wildman–Crippen LogP) is -1.59. The van der Waals surface area contributed by atoms with Crippen LogP contribution in [0.2, 0.25) is 0 Å². The molecule has 0 saturated carbocycles. The van der Waals surface area contributed by atoms with E-state index in [1.807, 2.05) is 0 Å². The van der Waals surface area contributed by atoms with Crippen molar-refractivity contribution in [2.45, 2.75) is 16.5 Å². The van der Waals surface area contributed by atoms with Crippen molar-refractivity contribution in [3.63, 3.8) is 0 Å². The second-order valence-electron chi connectivity index (χ2n) is 5.87. The summed E-state index contributed by atoms with van der Waals surface area (Å²) in [5.74, 6) is 0. The van der Waals surface area contributed by atoms with Crippen LogP contribution in [-0.2, 0) is 24.7 Å². The number of benzene rings is 2. The average Bonchev–Trinajstić information content (AvgIpc) is 3.12. The van der Waals surface area contributed by atoms with Gasteiger partial charge in [0, 0.05) is 0 Å². The molecule has 2 aliphatic rings. The Bertz CT molecular complexity index is 811. The van der Waals surface area contributed by atoms with E-state index >= 15 is 0 Å². The summed E-state index contributed by atoms with van der Waals surface area (Å²) < 4.78 is 0.526. The molecule has 0 aromatic heterocycles. The summed E-state index contributed by atoms with van der Waals surface area (Å²) in [6, 6.07) is 15.5. The Morgan fingerprint density at radius 2 is 1.67 bits per heavy atom. The number of aliphatic hydroxyl groups is 1. The molecule has 0 radical (unpaired) electrons. The van der Waals surface area contributed by atoms with Gasteiger partial charge in [0.2, 0.25) is 0 Å². The first-order chi connectivity index (χ1) is 10.8. The molecule has 4 heteroatoms. The molecule has 2 aromatic rings. The fourth-order valence-corrected chi connectivity index (χ4v) is 5.10. The first-order valence-electron chi connectivity index (χ1n) is 7.74. The van der Waals surface area contributed by atoms with Crippen molar-refractivity contribution in [3.05, 3.63) is 76.9 Å². The van der Waals surface area contributed by atoms with Gasteiger partial charge in [-0.25, -0.2) is 0 Å². The summed E-state index contributed by atoms with van der Waals surface area (Å²) in [7, 11) is 0. The Balaban J connectivity index is 0.00000104. The molecule has 0 heterocycles. The van der Waals surface area contributed by atoms with Crippen LogP contribution in [0.5, 0.6) is 0 Å². The smallest absolute Gasteiger partial charge is 1.00 e. The largest absolute Gasteiger partial charge is 1.00 e. The molecule has 0 amide bonds. The molecule has 0 saturated heterocycles. The van der Waals surface area contributed by atoms with Crippen molar-refractivity contribution in [2.24, 2.45) is 0 Å². The van der Waals surface area contributed by atoms with E-state index in [1.54, 1.807) is 24.7 Å². The summed E-state index contributed by atoms with van der Waals surface area (Å²) in [4.78, 5) is 0. The van der Waals surface area contributed by atoms with Gasteiger partial charge in [0.1, 0.15) is 0 Å². The minimum Gasteiger partial charge on any atom is -1.00 e. The van der Waals surface area contributed by atoms with Crippen molar-refractivity contribution in [1.29, 1.82) is 0 Å². The van der Waals surface area contributed by atoms with E-state index in [-0.39, 0.29) is 31.4 Å². The van der Waals surface area contributed by atoms with Gasteiger partial charge in [-0.05, 0) is 0 Å². The zero-order valence-electron chi connectivity index (χ0n) is 13.1. The van der Waals surface area contributed by atoms with Gasteiger partial charge in [-0.1, -0.05) is 0 Å². The van der Waals surface area contributed by atoms with Gasteiger partial charge < -0.3 is 24.8 Å². The summed E-state index contributed by atoms with van der Waals surface area (Å²) in [6.07, 6.45) is 6.15. The molecule has 4 rings (SSSR count). The Labute approximate surface area is 170 Å². The van der Waals surface area contributed by atoms with Crippen molar-refractivity contribution in [3.8, 4) is 11.1 Å². The van der Waals surface area contributed by atoms with Crippen LogP contribution in [0, 0.1) is 0 Å². The Morgan fingerprint density at radius 1 is 0.958 bits per heavy atom. The Hall–Kier alpha value is -0.657. The van der Waals surface area contributed by atoms with Crippen LogP contribution in [0.25, 0.3) is 16.7 Å². The van der Waals surface area contributed by atoms with Crippen molar-refractivity contribution in [1.82, 2.24) is 0 Å². The van der Waals surface area contributed by atoms with Gasteiger partial charge in [-0.2, -0.15) is 0 Å². The van der Waals surface area contributed by atoms with Crippen LogP contribution < -0.4 is 24.8 Å². The molecule has 2 aromatic carbocycles. The van der Waals surface area contributed by atoms with E-state index in [1.165, 1.54) is 39.0 Å². The topological polar surface area (TPSA) is 20.2 Å². The second kappa shape index (κ2) is 8.15. The van der Waals surface area contributed by atoms with Gasteiger partial charge in [0.25, 0.3) is 0 Å². The first-order valence-corrected chi connectivity index (χ1v) is 9.16. The van der Waals surface area contributed by atoms with Crippen LogP contribution in [0.15, 0.2) is 60.2 Å². The standard InChI is InChI=1S/C20H17O.2ClH.Zr/c21-12-11-14-6-3-8-16(14)18-9-4-10-19-17-7-2-1-5-15(17)13-20(18)19;;;/h1-7,9-10,13,21H,8,11-12H2;2*1H;/q;;;+2/p-2. The van der Waals surface area contributed by atoms with Crippen molar-refractivity contribution >= 4 is 5.57 Å². The zero-order chi connectivity index (χ0) is 15.1. The zero-order valence-corrected chi connectivity index (χ0v) is 17.1. The molecule has 1 N–H and O–H groups in total. The van der Waals surface area contributed by atoms with Crippen LogP contribution in [0.4, 0.5) is 0 Å². The first kappa shape index (κ1) is 19.7. The number of allylic oxidation sites excluding steroid dienone is 3. The van der Waals surface area contributed by atoms with Gasteiger partial charge in [-0.15, -0.1) is 0 Å². The molecule has 0 spiro atoms. The molecular formula is C20H17Cl2OZr. The molecule has 1 unspecified atom stereocenters. The number of aliphatic hydroxyl groups excluding tert-OH is 1. The van der Waals surface area contributed by atoms with E-state index in [2.05, 4.69) is 54.6 Å². The van der Waals surface area contributed by atoms with E-state index in [0.29, 0.717) is 3.63 Å². The van der Waals surface area contributed by atoms with Crippen molar-refractivity contribution < 1.29 is 54.6 Å². The molecule has 1 nitrogen and oxygen atoms in total. The third-order valence-corrected chi connectivity index (χ3v) is 6.17. The summed E-state index contributed by atoms with van der Waals surface area (Å²) in [6.45, 7) is 0.222. The minimum absolute atomic E-state index is 0. The van der Waals surface area contributed by atoms with Gasteiger partial charge in [-0.3, -0.25) is 0 Å². The molecule has 0 aliphatic heterocycles. The van der Waals surface area contributed by atoms with Crippen LogP contribution in [0.1, 0.15) is 33.2 Å². The third-order valence-electron chi connectivity index (χ3n) is 4.69. The summed E-state index contributed by atoms with van der Waals surface area (Å²) >= 11 is 1.54. The van der Waals surface area contributed by atoms with Gasteiger partial charge >= 0.3 is 146 Å². The number of rotatable bonds is 3. The maximum atomic E-state index is 9.32. The molecule has 24 heavy (non-hydrogen) atoms. The minimum atomic E-state index is 0. The molecule has 1 atom stereocenters. The molecular weight excluding hydrogens is 418 g/mol. The number of fused-ring (bicyclic) bond motifs is 3. The fraction of sp³-hybridized carbons (Fsp3) is 0.200. The second-order valence-corrected chi connectivity index (χ2v) is 7.29. The Morgan fingerprint density at radius 3 is 2.46 bits per heavy atom. The number of hydrogen-bond acceptors (Lipinski definition) is 1. The van der Waals surface area contributed by atoms with Gasteiger partial charge in [0.15, 0.2) is 0 Å². The molecule has 121 valence electrons. The van der Waals surface area contributed by atoms with Crippen LogP contribution in [0.3, 0.4) is 0 Å². The number of halogens is 2. The maximum Gasteiger partial charge on any atom is -1.00 e. The summed E-state index contributed by atoms with van der Waals surface area (Å²) in [5.41, 5.74) is 9.87. The monoisotopic (exact) mass is 433 g/mol. The Kier molecular flexibility index (Phi) is 6.68. The van der Waals surface area contributed by atoms with Crippen LogP contribution in [-0.4, -0.2) is 11.7 Å². The van der Waals surface area contributed by atoms with Crippen molar-refractivity contribution in [2.75, 3.05) is 6.61 Å². The van der Waals surface area contributed by atoms with E-state index in [4.69, 9.17) is 0 Å². The van der Waals surface area contributed by atoms with Crippen LogP contribution >= 0.6 is 0 Å². The third kappa shape index (κ3) is 3.10. The number of hydrogen-bond donors (Lipinski definition) is 1.